The predicted octanol–water partition coefficient (Wildman–Crippen LogP) is 5.01. The zero-order chi connectivity index (χ0) is 30.7. The number of anilines is 2. The number of fused-ring (bicyclic) bond motifs is 2. The first-order valence-corrected chi connectivity index (χ1v) is 15.1. The van der Waals surface area contributed by atoms with Crippen molar-refractivity contribution < 1.29 is 13.2 Å². The molecule has 7 rings (SSSR count). The predicted molar refractivity (Wildman–Crippen MR) is 169 cm³/mol. The Morgan fingerprint density at radius 2 is 1.64 bits per heavy atom. The highest BCUT2D eigenvalue weighted by molar-refractivity contribution is 7.90. The van der Waals surface area contributed by atoms with Gasteiger partial charge in [-0.05, 0) is 80.1 Å². The first kappa shape index (κ1) is 27.1. The second kappa shape index (κ2) is 9.92. The molecule has 0 saturated heterocycles. The minimum Gasteiger partial charge on any atom is -0.384 e. The molecule has 0 aliphatic carbocycles. The van der Waals surface area contributed by atoms with Crippen molar-refractivity contribution in [2.24, 2.45) is 0 Å². The van der Waals surface area contributed by atoms with E-state index in [-0.39, 0.29) is 22.0 Å². The number of nitrogen functional groups attached to an aromatic ring is 2. The maximum Gasteiger partial charge on any atom is 0.268 e. The van der Waals surface area contributed by atoms with Crippen LogP contribution >= 0.6 is 0 Å². The SMILES string of the molecule is Cc1ccc(S(=O)(=O)n2c(C(=O)c3cnn(-c4ccc5[nH]c(C)nc5c4)c3N)cc3cc(-c4ccc(N)nc4)ccc32)cc1. The van der Waals surface area contributed by atoms with Gasteiger partial charge in [-0.3, -0.25) is 4.79 Å². The lowest BCUT2D eigenvalue weighted by atomic mass is 10.1. The van der Waals surface area contributed by atoms with E-state index < -0.39 is 15.8 Å². The highest BCUT2D eigenvalue weighted by atomic mass is 32.2. The molecule has 0 radical (unpaired) electrons. The number of aromatic amines is 1. The fourth-order valence-electron chi connectivity index (χ4n) is 5.31. The summed E-state index contributed by atoms with van der Waals surface area (Å²) in [4.78, 5) is 26.0. The van der Waals surface area contributed by atoms with E-state index in [0.29, 0.717) is 22.4 Å². The molecule has 0 aliphatic rings. The minimum absolute atomic E-state index is 0.0488. The molecule has 3 aromatic carbocycles. The molecule has 0 spiro atoms. The number of nitrogens with two attached hydrogens (primary N) is 2. The monoisotopic (exact) mass is 602 g/mol. The standard InChI is InChI=1S/C32H26N8O3S/c1-18-3-8-24(9-4-18)44(42,43)40-28-11-5-20(21-6-12-30(33)35-16-21)13-22(28)14-29(40)31(41)25-17-36-39(32(25)34)23-7-10-26-27(15-23)38-19(2)37-26/h3-17H,34H2,1-2H3,(H2,33,35)(H,37,38). The topological polar surface area (TPSA) is 168 Å². The lowest BCUT2D eigenvalue weighted by Crippen LogP contribution is -2.19. The Balaban J connectivity index is 1.39. The molecule has 0 atom stereocenters. The van der Waals surface area contributed by atoms with Gasteiger partial charge in [0.05, 0.1) is 38.9 Å². The molecular formula is C32H26N8O3S. The van der Waals surface area contributed by atoms with Gasteiger partial charge in [-0.15, -0.1) is 0 Å². The summed E-state index contributed by atoms with van der Waals surface area (Å²) >= 11 is 0. The van der Waals surface area contributed by atoms with Crippen LogP contribution in [0.25, 0.3) is 38.8 Å². The number of imidazole rings is 1. The van der Waals surface area contributed by atoms with Crippen LogP contribution in [0.1, 0.15) is 27.4 Å². The van der Waals surface area contributed by atoms with Gasteiger partial charge < -0.3 is 16.5 Å². The van der Waals surface area contributed by atoms with Crippen molar-refractivity contribution in [1.29, 1.82) is 0 Å². The third-order valence-corrected chi connectivity index (χ3v) is 9.29. The van der Waals surface area contributed by atoms with E-state index in [0.717, 1.165) is 37.5 Å². The van der Waals surface area contributed by atoms with Crippen molar-refractivity contribution in [2.45, 2.75) is 18.7 Å². The van der Waals surface area contributed by atoms with Gasteiger partial charge in [-0.2, -0.15) is 5.10 Å². The number of pyridine rings is 1. The van der Waals surface area contributed by atoms with Gasteiger partial charge in [0.1, 0.15) is 23.2 Å². The molecule has 4 aromatic heterocycles. The number of hydrogen-bond donors (Lipinski definition) is 3. The summed E-state index contributed by atoms with van der Waals surface area (Å²) in [5.74, 6) is 0.628. The minimum atomic E-state index is -4.20. The summed E-state index contributed by atoms with van der Waals surface area (Å²) in [5, 5.41) is 4.92. The van der Waals surface area contributed by atoms with E-state index in [4.69, 9.17) is 11.5 Å². The summed E-state index contributed by atoms with van der Waals surface area (Å²) < 4.78 is 30.8. The van der Waals surface area contributed by atoms with E-state index in [1.807, 2.05) is 44.2 Å². The average Bonchev–Trinajstić information content (AvgIpc) is 3.70. The third kappa shape index (κ3) is 4.39. The number of benzene rings is 3. The number of carbonyl (C=O) groups is 1. The maximum atomic E-state index is 14.2. The third-order valence-electron chi connectivity index (χ3n) is 7.55. The second-order valence-corrected chi connectivity index (χ2v) is 12.4. The molecule has 7 aromatic rings. The molecule has 0 unspecified atom stereocenters. The van der Waals surface area contributed by atoms with Crippen LogP contribution in [-0.2, 0) is 10.0 Å². The maximum absolute atomic E-state index is 14.2. The average molecular weight is 603 g/mol. The molecule has 0 saturated carbocycles. The number of hydrogen-bond acceptors (Lipinski definition) is 8. The molecule has 5 N–H and O–H groups in total. The van der Waals surface area contributed by atoms with Crippen LogP contribution in [0, 0.1) is 13.8 Å². The lowest BCUT2D eigenvalue weighted by molar-refractivity contribution is 0.103. The van der Waals surface area contributed by atoms with Crippen molar-refractivity contribution in [2.75, 3.05) is 11.5 Å². The van der Waals surface area contributed by atoms with Crippen molar-refractivity contribution in [3.05, 3.63) is 114 Å². The Morgan fingerprint density at radius 1 is 0.864 bits per heavy atom. The van der Waals surface area contributed by atoms with E-state index in [9.17, 15) is 13.2 Å². The highest BCUT2D eigenvalue weighted by Crippen LogP contribution is 2.32. The fraction of sp³-hybridized carbons (Fsp3) is 0.0625. The van der Waals surface area contributed by atoms with Gasteiger partial charge in [0.25, 0.3) is 10.0 Å². The Morgan fingerprint density at radius 3 is 2.39 bits per heavy atom. The largest absolute Gasteiger partial charge is 0.384 e. The van der Waals surface area contributed by atoms with Gasteiger partial charge in [0.15, 0.2) is 0 Å². The number of H-pyrrole nitrogens is 1. The van der Waals surface area contributed by atoms with Crippen LogP contribution in [-0.4, -0.2) is 42.9 Å². The summed E-state index contributed by atoms with van der Waals surface area (Å²) in [6, 6.07) is 22.3. The van der Waals surface area contributed by atoms with Crippen LogP contribution < -0.4 is 11.5 Å². The first-order valence-electron chi connectivity index (χ1n) is 13.6. The smallest absolute Gasteiger partial charge is 0.268 e. The molecule has 4 heterocycles. The van der Waals surface area contributed by atoms with Gasteiger partial charge in [0, 0.05) is 17.1 Å². The number of ketones is 1. The van der Waals surface area contributed by atoms with E-state index in [1.165, 1.54) is 23.0 Å². The van der Waals surface area contributed by atoms with Crippen molar-refractivity contribution in [3.8, 4) is 16.8 Å². The van der Waals surface area contributed by atoms with Crippen LogP contribution in [0.3, 0.4) is 0 Å². The number of aromatic nitrogens is 6. The Hall–Kier alpha value is -5.75. The van der Waals surface area contributed by atoms with E-state index >= 15 is 0 Å². The number of rotatable bonds is 6. The number of aryl methyl sites for hydroxylation is 2. The van der Waals surface area contributed by atoms with E-state index in [2.05, 4.69) is 20.1 Å². The molecular weight excluding hydrogens is 576 g/mol. The summed E-state index contributed by atoms with van der Waals surface area (Å²) in [6.07, 6.45) is 2.99. The Labute approximate surface area is 251 Å². The number of carbonyl (C=O) groups excluding carboxylic acids is 1. The van der Waals surface area contributed by atoms with Crippen LogP contribution in [0.2, 0.25) is 0 Å². The molecule has 12 heteroatoms. The molecule has 0 aliphatic heterocycles. The van der Waals surface area contributed by atoms with Crippen molar-refractivity contribution in [1.82, 2.24) is 28.7 Å². The Kier molecular flexibility index (Phi) is 6.11. The molecule has 0 fully saturated rings. The molecule has 11 nitrogen and oxygen atoms in total. The van der Waals surface area contributed by atoms with Crippen LogP contribution in [0.5, 0.6) is 0 Å². The van der Waals surface area contributed by atoms with Gasteiger partial charge in [-0.25, -0.2) is 27.0 Å². The lowest BCUT2D eigenvalue weighted by Gasteiger charge is -2.12. The molecule has 0 amide bonds. The summed E-state index contributed by atoms with van der Waals surface area (Å²) in [5.41, 5.74) is 17.2. The summed E-state index contributed by atoms with van der Waals surface area (Å²) in [6.45, 7) is 3.73. The zero-order valence-corrected chi connectivity index (χ0v) is 24.5. The van der Waals surface area contributed by atoms with Crippen LogP contribution in [0.4, 0.5) is 11.6 Å². The quantitative estimate of drug-likeness (QED) is 0.223. The fourth-order valence-corrected chi connectivity index (χ4v) is 6.82. The zero-order valence-electron chi connectivity index (χ0n) is 23.7. The second-order valence-electron chi connectivity index (χ2n) is 10.6. The number of nitrogens with one attached hydrogen (secondary N) is 1. The van der Waals surface area contributed by atoms with Crippen molar-refractivity contribution in [3.63, 3.8) is 0 Å². The highest BCUT2D eigenvalue weighted by Gasteiger charge is 2.29. The van der Waals surface area contributed by atoms with Crippen molar-refractivity contribution >= 4 is 49.4 Å². The van der Waals surface area contributed by atoms with Gasteiger partial charge in [-0.1, -0.05) is 23.8 Å². The first-order chi connectivity index (χ1) is 21.1. The molecule has 44 heavy (non-hydrogen) atoms. The Bertz CT molecular complexity index is 2350. The van der Waals surface area contributed by atoms with Crippen LogP contribution in [0.15, 0.2) is 96.2 Å². The van der Waals surface area contributed by atoms with E-state index in [1.54, 1.807) is 42.6 Å². The normalized spacial score (nSPS) is 11.9. The van der Waals surface area contributed by atoms with Gasteiger partial charge >= 0.3 is 0 Å². The molecule has 218 valence electrons. The van der Waals surface area contributed by atoms with Gasteiger partial charge in [0.2, 0.25) is 5.78 Å². The number of nitrogens with zero attached hydrogens (tertiary/aromatic N) is 5. The molecule has 0 bridgehead atoms. The summed E-state index contributed by atoms with van der Waals surface area (Å²) in [7, 11) is -4.20.